The molecule has 0 spiro atoms. The van der Waals surface area contributed by atoms with Gasteiger partial charge in [-0.1, -0.05) is 13.8 Å². The summed E-state index contributed by atoms with van der Waals surface area (Å²) in [6.07, 6.45) is 0.633. The highest BCUT2D eigenvalue weighted by Crippen LogP contribution is 1.99. The second-order valence-electron chi connectivity index (χ2n) is 4.67. The fraction of sp³-hybridized carbons (Fsp3) is 0.889. The number of carboxylic acids is 1. The van der Waals surface area contributed by atoms with E-state index < -0.39 is 37.8 Å². The van der Waals surface area contributed by atoms with Gasteiger partial charge in [-0.2, -0.15) is 13.1 Å². The second-order valence-corrected chi connectivity index (χ2v) is 8.46. The number of nitrogens with one attached hydrogen (secondary N) is 2. The molecule has 0 fully saturated rings. The van der Waals surface area contributed by atoms with Crippen LogP contribution in [-0.4, -0.2) is 52.5 Å². The lowest BCUT2D eigenvalue weighted by Gasteiger charge is -2.15. The SMILES string of the molecule is CC(C)CNS(=O)(=O)NC(CCS(C)(=O)=O)C(=O)O. The standard InChI is InChI=1S/C9H20N2O6S2/c1-7(2)6-10-19(16,17)11-8(9(12)13)4-5-18(3,14)15/h7-8,10-11H,4-6H2,1-3H3,(H,12,13). The van der Waals surface area contributed by atoms with E-state index in [1.54, 1.807) is 13.8 Å². The van der Waals surface area contributed by atoms with E-state index in [1.165, 1.54) is 0 Å². The lowest BCUT2D eigenvalue weighted by atomic mass is 10.2. The Morgan fingerprint density at radius 2 is 1.74 bits per heavy atom. The number of hydrogen-bond donors (Lipinski definition) is 3. The average Bonchev–Trinajstić information content (AvgIpc) is 2.20. The summed E-state index contributed by atoms with van der Waals surface area (Å²) in [5.41, 5.74) is 0. The Morgan fingerprint density at radius 1 is 1.21 bits per heavy atom. The van der Waals surface area contributed by atoms with E-state index in [0.29, 0.717) is 0 Å². The maximum Gasteiger partial charge on any atom is 0.321 e. The third-order valence-corrected chi connectivity index (χ3v) is 4.17. The van der Waals surface area contributed by atoms with Gasteiger partial charge in [0.15, 0.2) is 0 Å². The Kier molecular flexibility index (Phi) is 6.91. The molecule has 1 unspecified atom stereocenters. The summed E-state index contributed by atoms with van der Waals surface area (Å²) in [6, 6.07) is -1.47. The number of sulfone groups is 1. The molecular formula is C9H20N2O6S2. The predicted octanol–water partition coefficient (Wildman–Crippen LogP) is -1.05. The number of aliphatic carboxylic acids is 1. The Hall–Kier alpha value is -0.710. The van der Waals surface area contributed by atoms with Crippen molar-refractivity contribution in [3.8, 4) is 0 Å². The molecule has 0 saturated heterocycles. The summed E-state index contributed by atoms with van der Waals surface area (Å²) in [4.78, 5) is 10.9. The molecule has 0 heterocycles. The topological polar surface area (TPSA) is 130 Å². The van der Waals surface area contributed by atoms with Crippen LogP contribution < -0.4 is 9.44 Å². The lowest BCUT2D eigenvalue weighted by molar-refractivity contribution is -0.139. The van der Waals surface area contributed by atoms with Gasteiger partial charge in [0, 0.05) is 12.8 Å². The van der Waals surface area contributed by atoms with E-state index in [2.05, 4.69) is 4.72 Å². The molecule has 0 aliphatic heterocycles. The molecule has 1 atom stereocenters. The molecule has 0 aromatic heterocycles. The molecule has 19 heavy (non-hydrogen) atoms. The second kappa shape index (κ2) is 7.17. The summed E-state index contributed by atoms with van der Waals surface area (Å²) in [5, 5.41) is 8.86. The van der Waals surface area contributed by atoms with Gasteiger partial charge in [-0.05, 0) is 12.3 Å². The summed E-state index contributed by atoms with van der Waals surface area (Å²) in [5.74, 6) is -1.76. The van der Waals surface area contributed by atoms with Crippen LogP contribution in [-0.2, 0) is 24.8 Å². The van der Waals surface area contributed by atoms with Gasteiger partial charge >= 0.3 is 5.97 Å². The van der Waals surface area contributed by atoms with Gasteiger partial charge in [-0.15, -0.1) is 0 Å². The monoisotopic (exact) mass is 316 g/mol. The molecule has 0 aromatic rings. The summed E-state index contributed by atoms with van der Waals surface area (Å²) < 4.78 is 49.1. The van der Waals surface area contributed by atoms with Crippen molar-refractivity contribution in [3.63, 3.8) is 0 Å². The van der Waals surface area contributed by atoms with Crippen LogP contribution in [0.15, 0.2) is 0 Å². The number of hydrogen-bond acceptors (Lipinski definition) is 5. The fourth-order valence-corrected chi connectivity index (χ4v) is 2.96. The minimum Gasteiger partial charge on any atom is -0.480 e. The van der Waals surface area contributed by atoms with Crippen LogP contribution in [0.5, 0.6) is 0 Å². The van der Waals surface area contributed by atoms with E-state index in [1.807, 2.05) is 4.72 Å². The van der Waals surface area contributed by atoms with Crippen LogP contribution in [0.1, 0.15) is 20.3 Å². The molecule has 114 valence electrons. The van der Waals surface area contributed by atoms with E-state index in [-0.39, 0.29) is 18.9 Å². The van der Waals surface area contributed by atoms with Crippen LogP contribution in [0.25, 0.3) is 0 Å². The molecule has 0 bridgehead atoms. The Labute approximate surface area is 113 Å². The summed E-state index contributed by atoms with van der Waals surface area (Å²) >= 11 is 0. The van der Waals surface area contributed by atoms with Crippen molar-refractivity contribution >= 4 is 26.0 Å². The van der Waals surface area contributed by atoms with Crippen LogP contribution >= 0.6 is 0 Å². The third kappa shape index (κ3) is 9.82. The van der Waals surface area contributed by atoms with Gasteiger partial charge in [-0.3, -0.25) is 4.79 Å². The maximum absolute atomic E-state index is 11.5. The molecule has 0 aliphatic rings. The first-order valence-corrected chi connectivity index (χ1v) is 9.15. The van der Waals surface area contributed by atoms with Crippen molar-refractivity contribution in [3.05, 3.63) is 0 Å². The molecule has 0 aliphatic carbocycles. The van der Waals surface area contributed by atoms with Crippen LogP contribution in [0.3, 0.4) is 0 Å². The van der Waals surface area contributed by atoms with Crippen molar-refractivity contribution in [2.75, 3.05) is 18.6 Å². The van der Waals surface area contributed by atoms with Gasteiger partial charge in [0.1, 0.15) is 15.9 Å². The van der Waals surface area contributed by atoms with E-state index in [0.717, 1.165) is 6.26 Å². The van der Waals surface area contributed by atoms with E-state index >= 15 is 0 Å². The molecule has 0 amide bonds. The molecule has 3 N–H and O–H groups in total. The van der Waals surface area contributed by atoms with Crippen molar-refractivity contribution in [1.29, 1.82) is 0 Å². The maximum atomic E-state index is 11.5. The van der Waals surface area contributed by atoms with Gasteiger partial charge in [0.05, 0.1) is 5.75 Å². The van der Waals surface area contributed by atoms with Gasteiger partial charge < -0.3 is 5.11 Å². The van der Waals surface area contributed by atoms with Crippen LogP contribution in [0.4, 0.5) is 0 Å². The molecule has 10 heteroatoms. The minimum atomic E-state index is -3.96. The smallest absolute Gasteiger partial charge is 0.321 e. The fourth-order valence-electron chi connectivity index (χ4n) is 1.07. The van der Waals surface area contributed by atoms with Gasteiger partial charge in [-0.25, -0.2) is 13.1 Å². The highest BCUT2D eigenvalue weighted by molar-refractivity contribution is 7.90. The average molecular weight is 316 g/mol. The normalized spacial score (nSPS) is 14.5. The van der Waals surface area contributed by atoms with E-state index in [4.69, 9.17) is 5.11 Å². The number of carboxylic acid groups (broad SMARTS) is 1. The predicted molar refractivity (Wildman–Crippen MR) is 70.6 cm³/mol. The van der Waals surface area contributed by atoms with E-state index in [9.17, 15) is 21.6 Å². The van der Waals surface area contributed by atoms with Crippen molar-refractivity contribution < 1.29 is 26.7 Å². The largest absolute Gasteiger partial charge is 0.480 e. The first kappa shape index (κ1) is 18.3. The zero-order valence-electron chi connectivity index (χ0n) is 11.1. The molecule has 0 saturated carbocycles. The molecule has 0 radical (unpaired) electrons. The first-order valence-electron chi connectivity index (χ1n) is 5.60. The van der Waals surface area contributed by atoms with Crippen LogP contribution in [0, 0.1) is 5.92 Å². The first-order chi connectivity index (χ1) is 8.43. The Balaban J connectivity index is 4.62. The molecular weight excluding hydrogens is 296 g/mol. The third-order valence-electron chi connectivity index (χ3n) is 2.05. The summed E-state index contributed by atoms with van der Waals surface area (Å²) in [6.45, 7) is 3.75. The summed E-state index contributed by atoms with van der Waals surface area (Å²) in [7, 11) is -7.32. The molecule has 8 nitrogen and oxygen atoms in total. The van der Waals surface area contributed by atoms with Gasteiger partial charge in [0.2, 0.25) is 0 Å². The van der Waals surface area contributed by atoms with Crippen LogP contribution in [0.2, 0.25) is 0 Å². The van der Waals surface area contributed by atoms with Gasteiger partial charge in [0.25, 0.3) is 10.2 Å². The highest BCUT2D eigenvalue weighted by atomic mass is 32.2. The zero-order valence-corrected chi connectivity index (χ0v) is 12.7. The Bertz CT molecular complexity index is 497. The number of rotatable bonds is 9. The van der Waals surface area contributed by atoms with Crippen molar-refractivity contribution in [2.24, 2.45) is 5.92 Å². The molecule has 0 rings (SSSR count). The minimum absolute atomic E-state index is 0.0656. The molecule has 0 aromatic carbocycles. The lowest BCUT2D eigenvalue weighted by Crippen LogP contribution is -2.47. The van der Waals surface area contributed by atoms with Crippen molar-refractivity contribution in [2.45, 2.75) is 26.3 Å². The zero-order chi connectivity index (χ0) is 15.3. The highest BCUT2D eigenvalue weighted by Gasteiger charge is 2.24. The quantitative estimate of drug-likeness (QED) is 0.498. The number of carbonyl (C=O) groups is 1. The van der Waals surface area contributed by atoms with Crippen molar-refractivity contribution in [1.82, 2.24) is 9.44 Å². The Morgan fingerprint density at radius 3 is 2.11 bits per heavy atom.